The largest absolute Gasteiger partial charge is 0.300 e. The van der Waals surface area contributed by atoms with Gasteiger partial charge in [0.1, 0.15) is 6.67 Å². The number of hydrogen-bond acceptors (Lipinski definition) is 4. The Hall–Kier alpha value is -0.970. The summed E-state index contributed by atoms with van der Waals surface area (Å²) in [4.78, 5) is 0. The van der Waals surface area contributed by atoms with Gasteiger partial charge in [-0.25, -0.2) is 0 Å². The zero-order chi connectivity index (χ0) is 17.1. The molecule has 5 nitrogen and oxygen atoms in total. The molecular formula is C15H41N5. The van der Waals surface area contributed by atoms with Gasteiger partial charge in [0.15, 0.2) is 0 Å². The van der Waals surface area contributed by atoms with E-state index in [1.807, 2.05) is 41.5 Å². The van der Waals surface area contributed by atoms with Crippen LogP contribution in [-0.2, 0) is 0 Å². The first-order chi connectivity index (χ1) is 9.83. The molecule has 20 heavy (non-hydrogen) atoms. The van der Waals surface area contributed by atoms with E-state index in [9.17, 15) is 0 Å². The Morgan fingerprint density at radius 2 is 1.25 bits per heavy atom. The van der Waals surface area contributed by atoms with Crippen LogP contribution in [-0.4, -0.2) is 20.4 Å². The smallest absolute Gasteiger partial charge is 0.112 e. The van der Waals surface area contributed by atoms with E-state index in [2.05, 4.69) is 46.9 Å². The Bertz CT molecular complexity index is 123. The second-order valence-corrected chi connectivity index (χ2v) is 2.72. The van der Waals surface area contributed by atoms with Crippen molar-refractivity contribution in [1.29, 1.82) is 0 Å². The monoisotopic (exact) mass is 291 g/mol. The third kappa shape index (κ3) is 88.5. The Balaban J connectivity index is -0.0000000554. The van der Waals surface area contributed by atoms with Gasteiger partial charge >= 0.3 is 0 Å². The number of hydrogen-bond donors (Lipinski definition) is 2. The molecule has 0 spiro atoms. The number of unbranched alkanes of at least 4 members (excludes halogenated alkanes) is 3. The first kappa shape index (κ1) is 31.4. The van der Waals surface area contributed by atoms with E-state index < -0.39 is 0 Å². The lowest BCUT2D eigenvalue weighted by molar-refractivity contribution is 0.682. The van der Waals surface area contributed by atoms with E-state index in [-0.39, 0.29) is 0 Å². The van der Waals surface area contributed by atoms with Crippen LogP contribution in [0.25, 0.3) is 0 Å². The van der Waals surface area contributed by atoms with Crippen molar-refractivity contribution in [1.82, 2.24) is 10.9 Å². The minimum atomic E-state index is 0.489. The predicted octanol–water partition coefficient (Wildman–Crippen LogP) is 5.40. The minimum absolute atomic E-state index is 0.489. The van der Waals surface area contributed by atoms with Crippen molar-refractivity contribution in [2.45, 2.75) is 81.1 Å². The standard InChI is InChI=1S/C6H14.C3H9N5.3C2H6/c1-3-5-6-4-2;1-4-3-6-8-7-5-2;3*1-2/h3-6H2,1-2H3;4H,2-3H2,1H3,(H,6,7);3*1-2H3. The van der Waals surface area contributed by atoms with Gasteiger partial charge < -0.3 is 0 Å². The van der Waals surface area contributed by atoms with E-state index in [0.29, 0.717) is 6.67 Å². The number of rotatable bonds is 7. The van der Waals surface area contributed by atoms with Crippen molar-refractivity contribution in [3.63, 3.8) is 0 Å². The Kier molecular flexibility index (Phi) is 101. The number of hydrazone groups is 1. The van der Waals surface area contributed by atoms with Gasteiger partial charge in [0, 0.05) is 6.72 Å². The molecule has 0 aromatic rings. The summed E-state index contributed by atoms with van der Waals surface area (Å²) in [7, 11) is 1.78. The highest BCUT2D eigenvalue weighted by Crippen LogP contribution is 1.95. The molecule has 5 heteroatoms. The summed E-state index contributed by atoms with van der Waals surface area (Å²) in [5, 5.41) is 12.9. The summed E-state index contributed by atoms with van der Waals surface area (Å²) in [5.74, 6) is 0. The molecule has 0 aliphatic carbocycles. The molecule has 0 aromatic heterocycles. The van der Waals surface area contributed by atoms with Gasteiger partial charge in [-0.2, -0.15) is 15.8 Å². The molecule has 0 amide bonds. The van der Waals surface area contributed by atoms with Crippen LogP contribution in [0.5, 0.6) is 0 Å². The van der Waals surface area contributed by atoms with E-state index >= 15 is 0 Å². The second kappa shape index (κ2) is 64.1. The fourth-order valence-electron chi connectivity index (χ4n) is 0.669. The molecule has 126 valence electrons. The summed E-state index contributed by atoms with van der Waals surface area (Å²) in [6, 6.07) is 0. The highest BCUT2D eigenvalue weighted by atomic mass is 15.6. The van der Waals surface area contributed by atoms with Crippen LogP contribution in [0.15, 0.2) is 15.4 Å². The minimum Gasteiger partial charge on any atom is -0.300 e. The first-order valence-corrected chi connectivity index (χ1v) is 8.05. The van der Waals surface area contributed by atoms with E-state index in [4.69, 9.17) is 0 Å². The summed E-state index contributed by atoms with van der Waals surface area (Å²) >= 11 is 0. The fraction of sp³-hybridized carbons (Fsp3) is 0.933. The highest BCUT2D eigenvalue weighted by molar-refractivity contribution is 5.21. The maximum absolute atomic E-state index is 3.55. The van der Waals surface area contributed by atoms with Gasteiger partial charge in [-0.1, -0.05) is 86.3 Å². The van der Waals surface area contributed by atoms with Crippen LogP contribution in [0.2, 0.25) is 0 Å². The topological polar surface area (TPSA) is 61.1 Å². The molecule has 0 atom stereocenters. The lowest BCUT2D eigenvalue weighted by Gasteiger charge is -1.86. The zero-order valence-corrected chi connectivity index (χ0v) is 15.6. The van der Waals surface area contributed by atoms with Gasteiger partial charge in [0.2, 0.25) is 0 Å². The van der Waals surface area contributed by atoms with Gasteiger partial charge in [0.05, 0.1) is 0 Å². The summed E-state index contributed by atoms with van der Waals surface area (Å²) in [5.41, 5.74) is 2.22. The van der Waals surface area contributed by atoms with Gasteiger partial charge in [-0.05, 0) is 7.05 Å². The second-order valence-electron chi connectivity index (χ2n) is 2.72. The highest BCUT2D eigenvalue weighted by Gasteiger charge is 1.75. The summed E-state index contributed by atoms with van der Waals surface area (Å²) in [6.45, 7) is 20.1. The molecule has 0 unspecified atom stereocenters. The maximum Gasteiger partial charge on any atom is 0.112 e. The molecule has 2 N–H and O–H groups in total. The van der Waals surface area contributed by atoms with Crippen LogP contribution < -0.4 is 10.9 Å². The van der Waals surface area contributed by atoms with E-state index in [1.165, 1.54) is 25.7 Å². The normalized spacial score (nSPS) is 7.45. The van der Waals surface area contributed by atoms with Crippen molar-refractivity contribution >= 4 is 6.72 Å². The van der Waals surface area contributed by atoms with Gasteiger partial charge in [-0.3, -0.25) is 5.32 Å². The van der Waals surface area contributed by atoms with E-state index in [1.54, 1.807) is 7.05 Å². The Morgan fingerprint density at radius 1 is 0.850 bits per heavy atom. The van der Waals surface area contributed by atoms with Gasteiger partial charge in [-0.15, -0.1) is 0 Å². The molecule has 0 fully saturated rings. The van der Waals surface area contributed by atoms with E-state index in [0.717, 1.165) is 0 Å². The first-order valence-electron chi connectivity index (χ1n) is 8.05. The summed E-state index contributed by atoms with van der Waals surface area (Å²) < 4.78 is 0. The van der Waals surface area contributed by atoms with Crippen molar-refractivity contribution in [3.8, 4) is 0 Å². The van der Waals surface area contributed by atoms with Crippen LogP contribution in [0.4, 0.5) is 0 Å². The molecule has 0 saturated carbocycles. The van der Waals surface area contributed by atoms with Crippen LogP contribution in [0.1, 0.15) is 81.1 Å². The third-order valence-corrected chi connectivity index (χ3v) is 1.37. The molecule has 0 aliphatic heterocycles. The molecule has 0 saturated heterocycles. The van der Waals surface area contributed by atoms with Crippen molar-refractivity contribution in [3.05, 3.63) is 0 Å². The van der Waals surface area contributed by atoms with Crippen LogP contribution in [0, 0.1) is 0 Å². The maximum atomic E-state index is 3.55. The molecule has 0 rings (SSSR count). The Labute approximate surface area is 128 Å². The molecular weight excluding hydrogens is 250 g/mol. The zero-order valence-electron chi connectivity index (χ0n) is 15.6. The fourth-order valence-corrected chi connectivity index (χ4v) is 0.669. The lowest BCUT2D eigenvalue weighted by Crippen LogP contribution is -2.04. The summed E-state index contributed by atoms with van der Waals surface area (Å²) in [6.07, 6.45) is 5.54. The molecule has 0 aliphatic rings. The average molecular weight is 292 g/mol. The number of nitrogens with one attached hydrogen (secondary N) is 2. The Morgan fingerprint density at radius 3 is 1.50 bits per heavy atom. The molecule has 0 radical (unpaired) electrons. The molecule has 0 aromatic carbocycles. The van der Waals surface area contributed by atoms with Crippen LogP contribution in [0.3, 0.4) is 0 Å². The van der Waals surface area contributed by atoms with Gasteiger partial charge in [0.25, 0.3) is 0 Å². The molecule has 0 bridgehead atoms. The van der Waals surface area contributed by atoms with Crippen molar-refractivity contribution in [2.24, 2.45) is 15.4 Å². The van der Waals surface area contributed by atoms with Crippen LogP contribution >= 0.6 is 0 Å². The average Bonchev–Trinajstić information content (AvgIpc) is 2.56. The van der Waals surface area contributed by atoms with Crippen molar-refractivity contribution in [2.75, 3.05) is 13.7 Å². The quantitative estimate of drug-likeness (QED) is 0.285. The lowest BCUT2D eigenvalue weighted by atomic mass is 10.2. The molecule has 0 heterocycles. The third-order valence-electron chi connectivity index (χ3n) is 1.37. The number of nitrogens with zero attached hydrogens (tertiary/aromatic N) is 3. The SMILES string of the molecule is C=NN/N=N\CNC.CC.CC.CC.CCCCCC. The predicted molar refractivity (Wildman–Crippen MR) is 95.3 cm³/mol. The van der Waals surface area contributed by atoms with Crippen molar-refractivity contribution < 1.29 is 0 Å².